The van der Waals surface area contributed by atoms with E-state index < -0.39 is 12.1 Å². The zero-order chi connectivity index (χ0) is 18.3. The summed E-state index contributed by atoms with van der Waals surface area (Å²) in [6, 6.07) is 7.21. The summed E-state index contributed by atoms with van der Waals surface area (Å²) in [5.41, 5.74) is 0.509. The molecule has 5 nitrogen and oxygen atoms in total. The van der Waals surface area contributed by atoms with Gasteiger partial charge in [-0.25, -0.2) is 4.79 Å². The predicted octanol–water partition coefficient (Wildman–Crippen LogP) is 3.57. The fourth-order valence-corrected chi connectivity index (χ4v) is 2.15. The van der Waals surface area contributed by atoms with E-state index in [4.69, 9.17) is 21.7 Å². The second-order valence-corrected chi connectivity index (χ2v) is 7.04. The van der Waals surface area contributed by atoms with Crippen molar-refractivity contribution >= 4 is 29.0 Å². The maximum absolute atomic E-state index is 11.4. The molecule has 6 heteroatoms. The summed E-state index contributed by atoms with van der Waals surface area (Å²) >= 11 is 5.01. The summed E-state index contributed by atoms with van der Waals surface area (Å²) in [7, 11) is 0. The number of ether oxygens (including phenoxy) is 2. The summed E-state index contributed by atoms with van der Waals surface area (Å²) in [5.74, 6) is -0.381. The van der Waals surface area contributed by atoms with Gasteiger partial charge in [-0.05, 0) is 57.6 Å². The lowest BCUT2D eigenvalue weighted by Crippen LogP contribution is -2.28. The third-order valence-corrected chi connectivity index (χ3v) is 3.30. The van der Waals surface area contributed by atoms with Crippen molar-refractivity contribution in [3.63, 3.8) is 0 Å². The highest BCUT2D eigenvalue weighted by Crippen LogP contribution is 2.19. The van der Waals surface area contributed by atoms with Gasteiger partial charge >= 0.3 is 5.97 Å². The van der Waals surface area contributed by atoms with Crippen molar-refractivity contribution in [1.82, 2.24) is 0 Å². The number of hydrogen-bond donors (Lipinski definition) is 1. The molecule has 1 atom stereocenters. The summed E-state index contributed by atoms with van der Waals surface area (Å²) in [6.45, 7) is 7.32. The highest BCUT2D eigenvalue weighted by molar-refractivity contribution is 7.80. The molecule has 1 unspecified atom stereocenters. The molecular weight excluding hydrogens is 328 g/mol. The lowest BCUT2D eigenvalue weighted by atomic mass is 10.1. The molecule has 0 saturated carbocycles. The van der Waals surface area contributed by atoms with Gasteiger partial charge in [0.25, 0.3) is 0 Å². The Morgan fingerprint density at radius 3 is 2.21 bits per heavy atom. The minimum Gasteiger partial charge on any atom is -0.488 e. The van der Waals surface area contributed by atoms with E-state index in [0.717, 1.165) is 11.3 Å². The van der Waals surface area contributed by atoms with Crippen molar-refractivity contribution < 1.29 is 24.2 Å². The second-order valence-electron chi connectivity index (χ2n) is 6.58. The smallest absolute Gasteiger partial charge is 0.345 e. The Bertz CT molecular complexity index is 586. The quantitative estimate of drug-likeness (QED) is 0.721. The van der Waals surface area contributed by atoms with E-state index in [1.54, 1.807) is 24.3 Å². The van der Waals surface area contributed by atoms with E-state index >= 15 is 0 Å². The van der Waals surface area contributed by atoms with Crippen molar-refractivity contribution in [2.45, 2.75) is 58.7 Å². The molecule has 0 bridgehead atoms. The average molecular weight is 352 g/mol. The topological polar surface area (TPSA) is 72.8 Å². The molecule has 0 aliphatic heterocycles. The number of Topliss-reactive ketones (excluding diaryl/α,β-unsaturated/α-hetero) is 1. The minimum absolute atomic E-state index is 0.0118. The lowest BCUT2D eigenvalue weighted by Gasteiger charge is -2.21. The number of rotatable bonds is 8. The highest BCUT2D eigenvalue weighted by atomic mass is 32.1. The molecule has 0 aliphatic rings. The monoisotopic (exact) mass is 352 g/mol. The van der Waals surface area contributed by atoms with Crippen molar-refractivity contribution in [3.05, 3.63) is 29.8 Å². The summed E-state index contributed by atoms with van der Waals surface area (Å²) in [4.78, 5) is 22.3. The van der Waals surface area contributed by atoms with Crippen molar-refractivity contribution in [1.29, 1.82) is 0 Å². The molecule has 1 aromatic rings. The Morgan fingerprint density at radius 2 is 1.75 bits per heavy atom. The first-order valence-electron chi connectivity index (χ1n) is 7.76. The number of carbonyl (C=O) groups is 2. The van der Waals surface area contributed by atoms with Crippen LogP contribution >= 0.6 is 12.2 Å². The normalized spacial score (nSPS) is 12.3. The van der Waals surface area contributed by atoms with Gasteiger partial charge in [0.2, 0.25) is 0 Å². The third kappa shape index (κ3) is 8.06. The molecule has 132 valence electrons. The van der Waals surface area contributed by atoms with Crippen LogP contribution in [0.25, 0.3) is 0 Å². The van der Waals surface area contributed by atoms with Crippen LogP contribution in [-0.4, -0.2) is 33.6 Å². The largest absolute Gasteiger partial charge is 0.488 e. The van der Waals surface area contributed by atoms with Gasteiger partial charge in [-0.15, -0.1) is 0 Å². The zero-order valence-corrected chi connectivity index (χ0v) is 15.3. The van der Waals surface area contributed by atoms with Crippen LogP contribution in [0.4, 0.5) is 0 Å². The molecule has 0 aliphatic carbocycles. The molecule has 1 rings (SSSR count). The van der Waals surface area contributed by atoms with Crippen molar-refractivity contribution in [2.75, 3.05) is 0 Å². The van der Waals surface area contributed by atoms with Crippen molar-refractivity contribution in [3.8, 4) is 5.75 Å². The predicted molar refractivity (Wildman–Crippen MR) is 95.5 cm³/mol. The molecule has 1 aromatic carbocycles. The molecule has 0 radical (unpaired) electrons. The van der Waals surface area contributed by atoms with E-state index in [9.17, 15) is 14.7 Å². The Morgan fingerprint density at radius 1 is 1.17 bits per heavy atom. The third-order valence-electron chi connectivity index (χ3n) is 3.00. The van der Waals surface area contributed by atoms with Crippen molar-refractivity contribution in [2.24, 2.45) is 0 Å². The number of carboxylic acid groups (broad SMARTS) is 1. The standard InChI is InChI=1S/C18H24O5S/c1-12(19)5-10-16(24)22-15(17(20)21)11-13-6-8-14(9-7-13)23-18(2,3)4/h6-9,15H,5,10-11H2,1-4H3,(H,20,21). The second kappa shape index (κ2) is 8.78. The Balaban J connectivity index is 2.66. The maximum Gasteiger partial charge on any atom is 0.345 e. The van der Waals surface area contributed by atoms with Crippen LogP contribution in [0.2, 0.25) is 0 Å². The van der Waals surface area contributed by atoms with Gasteiger partial charge in [0.15, 0.2) is 11.2 Å². The fraction of sp³-hybridized carbons (Fsp3) is 0.500. The molecule has 1 N–H and O–H groups in total. The van der Waals surface area contributed by atoms with E-state index in [-0.39, 0.29) is 35.7 Å². The number of benzene rings is 1. The van der Waals surface area contributed by atoms with Gasteiger partial charge in [0.05, 0.1) is 0 Å². The summed E-state index contributed by atoms with van der Waals surface area (Å²) in [6.07, 6.45) is -0.374. The minimum atomic E-state index is -1.09. The first kappa shape index (κ1) is 20.1. The number of carbonyl (C=O) groups excluding carboxylic acids is 1. The lowest BCUT2D eigenvalue weighted by molar-refractivity contribution is -0.145. The number of aliphatic carboxylic acids is 1. The molecule has 0 fully saturated rings. The molecule has 0 aromatic heterocycles. The van der Waals surface area contributed by atoms with Crippen LogP contribution in [0.3, 0.4) is 0 Å². The van der Waals surface area contributed by atoms with Gasteiger partial charge < -0.3 is 19.4 Å². The summed E-state index contributed by atoms with van der Waals surface area (Å²) in [5, 5.41) is 9.44. The molecule has 0 amide bonds. The first-order valence-corrected chi connectivity index (χ1v) is 8.17. The Hall–Kier alpha value is -1.95. The molecular formula is C18H24O5S. The van der Waals surface area contributed by atoms with Gasteiger partial charge in [-0.1, -0.05) is 12.1 Å². The van der Waals surface area contributed by atoms with Crippen LogP contribution in [0, 0.1) is 0 Å². The molecule has 24 heavy (non-hydrogen) atoms. The number of thiocarbonyl (C=S) groups is 1. The highest BCUT2D eigenvalue weighted by Gasteiger charge is 2.21. The number of ketones is 1. The SMILES string of the molecule is CC(=O)CCC(=S)OC(Cc1ccc(OC(C)(C)C)cc1)C(=O)O. The molecule has 0 spiro atoms. The van der Waals surface area contributed by atoms with Gasteiger partial charge in [0.1, 0.15) is 17.1 Å². The zero-order valence-electron chi connectivity index (χ0n) is 14.5. The van der Waals surface area contributed by atoms with Gasteiger partial charge in [0, 0.05) is 19.3 Å². The molecule has 0 saturated heterocycles. The fourth-order valence-electron chi connectivity index (χ4n) is 1.94. The van der Waals surface area contributed by atoms with Crippen LogP contribution < -0.4 is 4.74 Å². The van der Waals surface area contributed by atoms with E-state index in [2.05, 4.69) is 0 Å². The van der Waals surface area contributed by atoms with Gasteiger partial charge in [-0.3, -0.25) is 0 Å². The Labute approximate surface area is 148 Å². The van der Waals surface area contributed by atoms with Crippen LogP contribution in [0.1, 0.15) is 46.1 Å². The van der Waals surface area contributed by atoms with Crippen LogP contribution in [0.15, 0.2) is 24.3 Å². The molecule has 0 heterocycles. The van der Waals surface area contributed by atoms with E-state index in [1.165, 1.54) is 6.92 Å². The van der Waals surface area contributed by atoms with Crippen LogP contribution in [-0.2, 0) is 20.7 Å². The number of hydrogen-bond acceptors (Lipinski definition) is 5. The van der Waals surface area contributed by atoms with E-state index in [1.807, 2.05) is 20.8 Å². The number of carboxylic acids is 1. The average Bonchev–Trinajstić information content (AvgIpc) is 2.44. The Kier molecular flexibility index (Phi) is 7.35. The maximum atomic E-state index is 11.4. The first-order chi connectivity index (χ1) is 11.1. The van der Waals surface area contributed by atoms with E-state index in [0.29, 0.717) is 0 Å². The van der Waals surface area contributed by atoms with Gasteiger partial charge in [-0.2, -0.15) is 0 Å². The van der Waals surface area contributed by atoms with Crippen LogP contribution in [0.5, 0.6) is 5.75 Å². The summed E-state index contributed by atoms with van der Waals surface area (Å²) < 4.78 is 11.1.